The van der Waals surface area contributed by atoms with Crippen LogP contribution in [0.4, 0.5) is 0 Å². The van der Waals surface area contributed by atoms with E-state index in [4.69, 9.17) is 18.9 Å². The molecular weight excluding hydrogens is 322 g/mol. The van der Waals surface area contributed by atoms with E-state index in [2.05, 4.69) is 0 Å². The van der Waals surface area contributed by atoms with Crippen LogP contribution in [0.25, 0.3) is 0 Å². The lowest BCUT2D eigenvalue weighted by atomic mass is 10.1. The quantitative estimate of drug-likeness (QED) is 0.835. The molecule has 0 aliphatic carbocycles. The van der Waals surface area contributed by atoms with Gasteiger partial charge in [-0.05, 0) is 24.3 Å². The van der Waals surface area contributed by atoms with Crippen LogP contribution in [0.1, 0.15) is 5.56 Å². The second kappa shape index (κ2) is 7.34. The Labute approximate surface area is 146 Å². The maximum absolute atomic E-state index is 12.7. The second-order valence-electron chi connectivity index (χ2n) is 5.74. The largest absolute Gasteiger partial charge is 0.497 e. The number of methoxy groups -OCH3 is 2. The number of para-hydroxylation sites is 2. The van der Waals surface area contributed by atoms with Crippen molar-refractivity contribution < 1.29 is 23.7 Å². The Balaban J connectivity index is 1.69. The lowest BCUT2D eigenvalue weighted by Gasteiger charge is -2.29. The van der Waals surface area contributed by atoms with Crippen LogP contribution in [0, 0.1) is 0 Å². The molecule has 2 aromatic rings. The van der Waals surface area contributed by atoms with Gasteiger partial charge in [-0.3, -0.25) is 4.79 Å². The zero-order chi connectivity index (χ0) is 17.8. The average Bonchev–Trinajstić information content (AvgIpc) is 2.67. The van der Waals surface area contributed by atoms with Crippen molar-refractivity contribution in [1.82, 2.24) is 4.90 Å². The predicted octanol–water partition coefficient (Wildman–Crippen LogP) is 2.50. The minimum Gasteiger partial charge on any atom is -0.497 e. The Morgan fingerprint density at radius 3 is 2.64 bits per heavy atom. The second-order valence-corrected chi connectivity index (χ2v) is 5.74. The molecule has 132 valence electrons. The number of amides is 1. The highest BCUT2D eigenvalue weighted by atomic mass is 16.6. The van der Waals surface area contributed by atoms with E-state index in [-0.39, 0.29) is 12.5 Å². The lowest BCUT2D eigenvalue weighted by Crippen LogP contribution is -2.44. The summed E-state index contributed by atoms with van der Waals surface area (Å²) in [6.45, 7) is 0.591. The fourth-order valence-electron chi connectivity index (χ4n) is 2.70. The molecule has 0 N–H and O–H groups in total. The summed E-state index contributed by atoms with van der Waals surface area (Å²) in [7, 11) is 4.92. The number of likely N-dealkylation sites (N-methyl/N-ethyl adjacent to an activating group) is 1. The van der Waals surface area contributed by atoms with Crippen LogP contribution in [0.3, 0.4) is 0 Å². The molecule has 1 heterocycles. The number of benzene rings is 2. The monoisotopic (exact) mass is 343 g/mol. The standard InChI is InChI=1S/C19H21NO5/c1-20(11-13-8-9-14(22-2)10-17(13)23-3)19(21)18-12-24-15-6-4-5-7-16(15)25-18/h4-10,18H,11-12H2,1-3H3/t18-/m1/s1. The molecule has 6 heteroatoms. The van der Waals surface area contributed by atoms with Crippen LogP contribution in [-0.4, -0.2) is 44.8 Å². The molecule has 25 heavy (non-hydrogen) atoms. The van der Waals surface area contributed by atoms with E-state index < -0.39 is 6.10 Å². The molecule has 6 nitrogen and oxygen atoms in total. The first-order valence-electron chi connectivity index (χ1n) is 7.96. The molecule has 0 radical (unpaired) electrons. The van der Waals surface area contributed by atoms with Crippen molar-refractivity contribution >= 4 is 5.91 Å². The van der Waals surface area contributed by atoms with Gasteiger partial charge in [0.25, 0.3) is 5.91 Å². The van der Waals surface area contributed by atoms with Crippen LogP contribution in [0.5, 0.6) is 23.0 Å². The molecule has 0 saturated carbocycles. The summed E-state index contributed by atoms with van der Waals surface area (Å²) in [4.78, 5) is 14.3. The van der Waals surface area contributed by atoms with Gasteiger partial charge in [0.1, 0.15) is 18.1 Å². The first-order chi connectivity index (χ1) is 12.1. The molecular formula is C19H21NO5. The van der Waals surface area contributed by atoms with Gasteiger partial charge in [0, 0.05) is 25.2 Å². The van der Waals surface area contributed by atoms with Crippen LogP contribution < -0.4 is 18.9 Å². The summed E-state index contributed by atoms with van der Waals surface area (Å²) >= 11 is 0. The highest BCUT2D eigenvalue weighted by molar-refractivity contribution is 5.81. The molecule has 1 atom stereocenters. The maximum atomic E-state index is 12.7. The lowest BCUT2D eigenvalue weighted by molar-refractivity contribution is -0.140. The number of nitrogens with zero attached hydrogens (tertiary/aromatic N) is 1. The van der Waals surface area contributed by atoms with Crippen LogP contribution in [0.15, 0.2) is 42.5 Å². The maximum Gasteiger partial charge on any atom is 0.267 e. The normalized spacial score (nSPS) is 15.4. The predicted molar refractivity (Wildman–Crippen MR) is 92.4 cm³/mol. The minimum absolute atomic E-state index is 0.146. The Morgan fingerprint density at radius 1 is 1.16 bits per heavy atom. The van der Waals surface area contributed by atoms with Crippen molar-refractivity contribution in [1.29, 1.82) is 0 Å². The number of fused-ring (bicyclic) bond motifs is 1. The molecule has 1 aliphatic heterocycles. The van der Waals surface area contributed by atoms with E-state index >= 15 is 0 Å². The van der Waals surface area contributed by atoms with Gasteiger partial charge in [-0.15, -0.1) is 0 Å². The Bertz CT molecular complexity index is 761. The fraction of sp³-hybridized carbons (Fsp3) is 0.316. The van der Waals surface area contributed by atoms with E-state index in [1.807, 2.05) is 30.3 Å². The molecule has 0 bridgehead atoms. The van der Waals surface area contributed by atoms with E-state index in [1.54, 1.807) is 38.3 Å². The number of carbonyl (C=O) groups is 1. The molecule has 0 aromatic heterocycles. The van der Waals surface area contributed by atoms with E-state index in [9.17, 15) is 4.79 Å². The van der Waals surface area contributed by atoms with Gasteiger partial charge in [0.15, 0.2) is 11.5 Å². The smallest absolute Gasteiger partial charge is 0.267 e. The van der Waals surface area contributed by atoms with Gasteiger partial charge in [-0.1, -0.05) is 12.1 Å². The summed E-state index contributed by atoms with van der Waals surface area (Å²) in [6.07, 6.45) is -0.663. The topological polar surface area (TPSA) is 57.2 Å². The van der Waals surface area contributed by atoms with Crippen molar-refractivity contribution in [2.75, 3.05) is 27.9 Å². The Morgan fingerprint density at radius 2 is 1.92 bits per heavy atom. The molecule has 2 aromatic carbocycles. The van der Waals surface area contributed by atoms with E-state index in [1.165, 1.54) is 0 Å². The first kappa shape index (κ1) is 17.0. The minimum atomic E-state index is -0.663. The molecule has 1 aliphatic rings. The number of hydrogen-bond acceptors (Lipinski definition) is 5. The molecule has 0 spiro atoms. The summed E-state index contributed by atoms with van der Waals surface area (Å²) in [5, 5.41) is 0. The van der Waals surface area contributed by atoms with E-state index in [0.29, 0.717) is 29.5 Å². The Kier molecular flexibility index (Phi) is 4.97. The third-order valence-electron chi connectivity index (χ3n) is 4.06. The molecule has 0 unspecified atom stereocenters. The van der Waals surface area contributed by atoms with Crippen molar-refractivity contribution in [3.8, 4) is 23.0 Å². The third-order valence-corrected chi connectivity index (χ3v) is 4.06. The van der Waals surface area contributed by atoms with Gasteiger partial charge in [-0.2, -0.15) is 0 Å². The fourth-order valence-corrected chi connectivity index (χ4v) is 2.70. The summed E-state index contributed by atoms with van der Waals surface area (Å²) < 4.78 is 22.0. The molecule has 0 fully saturated rings. The van der Waals surface area contributed by atoms with Gasteiger partial charge in [0.05, 0.1) is 14.2 Å². The van der Waals surface area contributed by atoms with Gasteiger partial charge in [0.2, 0.25) is 6.10 Å². The van der Waals surface area contributed by atoms with Crippen LogP contribution in [-0.2, 0) is 11.3 Å². The summed E-state index contributed by atoms with van der Waals surface area (Å²) in [6, 6.07) is 12.8. The van der Waals surface area contributed by atoms with Crippen molar-refractivity contribution in [2.24, 2.45) is 0 Å². The summed E-state index contributed by atoms with van der Waals surface area (Å²) in [5.74, 6) is 2.47. The average molecular weight is 343 g/mol. The van der Waals surface area contributed by atoms with Crippen molar-refractivity contribution in [2.45, 2.75) is 12.6 Å². The van der Waals surface area contributed by atoms with Crippen molar-refractivity contribution in [3.05, 3.63) is 48.0 Å². The zero-order valence-electron chi connectivity index (χ0n) is 14.5. The highest BCUT2D eigenvalue weighted by Gasteiger charge is 2.30. The van der Waals surface area contributed by atoms with Crippen molar-refractivity contribution in [3.63, 3.8) is 0 Å². The van der Waals surface area contributed by atoms with Gasteiger partial charge < -0.3 is 23.8 Å². The van der Waals surface area contributed by atoms with E-state index in [0.717, 1.165) is 5.56 Å². The SMILES string of the molecule is COc1ccc(CN(C)C(=O)[C@H]2COc3ccccc3O2)c(OC)c1. The highest BCUT2D eigenvalue weighted by Crippen LogP contribution is 2.31. The number of ether oxygens (including phenoxy) is 4. The van der Waals surface area contributed by atoms with Crippen LogP contribution >= 0.6 is 0 Å². The molecule has 0 saturated heterocycles. The zero-order valence-corrected chi connectivity index (χ0v) is 14.5. The van der Waals surface area contributed by atoms with Gasteiger partial charge >= 0.3 is 0 Å². The van der Waals surface area contributed by atoms with Crippen LogP contribution in [0.2, 0.25) is 0 Å². The number of carbonyl (C=O) groups excluding carboxylic acids is 1. The summed E-state index contributed by atoms with van der Waals surface area (Å²) in [5.41, 5.74) is 0.885. The molecule has 1 amide bonds. The Hall–Kier alpha value is -2.89. The third kappa shape index (κ3) is 3.63. The number of rotatable bonds is 5. The van der Waals surface area contributed by atoms with Gasteiger partial charge in [-0.25, -0.2) is 0 Å². The molecule has 3 rings (SSSR count). The first-order valence-corrected chi connectivity index (χ1v) is 7.96. The number of hydrogen-bond donors (Lipinski definition) is 0.